The van der Waals surface area contributed by atoms with Crippen LogP contribution in [0.1, 0.15) is 38.5 Å². The summed E-state index contributed by atoms with van der Waals surface area (Å²) >= 11 is 0. The monoisotopic (exact) mass is 1280 g/mol. The van der Waals surface area contributed by atoms with Crippen molar-refractivity contribution in [3.63, 3.8) is 0 Å². The van der Waals surface area contributed by atoms with E-state index in [1.54, 1.807) is 0 Å². The molecule has 0 aliphatic rings. The normalized spacial score (nSPS) is 16.9. The van der Waals surface area contributed by atoms with E-state index in [0.717, 1.165) is 0 Å². The maximum Gasteiger partial charge on any atom is 0.460 e. The molecule has 77 heavy (non-hydrogen) atoms. The summed E-state index contributed by atoms with van der Waals surface area (Å²) in [6.45, 7) is 0. The molecule has 0 spiro atoms. The highest BCUT2D eigenvalue weighted by molar-refractivity contribution is 6.76. The number of alkyl halides is 45. The van der Waals surface area contributed by atoms with Crippen molar-refractivity contribution in [1.29, 1.82) is 0 Å². The van der Waals surface area contributed by atoms with Gasteiger partial charge in [-0.05, 0) is 37.4 Å². The molecule has 0 unspecified atom stereocenters. The minimum Gasteiger partial charge on any atom is -0.351 e. The third-order valence-corrected chi connectivity index (χ3v) is 14.7. The summed E-state index contributed by atoms with van der Waals surface area (Å²) in [5.74, 6) is -154. The Morgan fingerprint density at radius 3 is 0.429 bits per heavy atom. The van der Waals surface area contributed by atoms with Crippen LogP contribution >= 0.6 is 0 Å². The fourth-order valence-corrected chi connectivity index (χ4v) is 9.22. The third-order valence-electron chi connectivity index (χ3n) is 10.7. The lowest BCUT2D eigenvalue weighted by atomic mass is 9.90. The molecule has 0 radical (unpaired) electrons. The zero-order valence-corrected chi connectivity index (χ0v) is 35.9. The molecule has 0 aliphatic heterocycles. The second-order valence-electron chi connectivity index (χ2n) is 16.1. The van der Waals surface area contributed by atoms with Crippen molar-refractivity contribution in [3.8, 4) is 0 Å². The highest BCUT2D eigenvalue weighted by atomic mass is 28.3. The predicted octanol–water partition coefficient (Wildman–Crippen LogP) is 17.4. The number of halogens is 45. The number of hydrogen-bond acceptors (Lipinski definition) is 1. The van der Waals surface area contributed by atoms with Crippen LogP contribution in [0.3, 0.4) is 0 Å². The molecule has 0 saturated heterocycles. The van der Waals surface area contributed by atoms with Gasteiger partial charge in [-0.25, -0.2) is 0 Å². The smallest absolute Gasteiger partial charge is 0.351 e. The van der Waals surface area contributed by atoms with Crippen molar-refractivity contribution in [2.75, 3.05) is 0 Å². The lowest BCUT2D eigenvalue weighted by Crippen LogP contribution is -2.72. The quantitative estimate of drug-likeness (QED) is 0.0644. The highest BCUT2D eigenvalue weighted by Crippen LogP contribution is 2.66. The Balaban J connectivity index is 7.51. The molecule has 0 amide bonds. The molecule has 47 heteroatoms. The summed E-state index contributed by atoms with van der Waals surface area (Å²) in [5, 5.41) is 5.29. The van der Waals surface area contributed by atoms with E-state index in [1.165, 1.54) is 0 Å². The van der Waals surface area contributed by atoms with Gasteiger partial charge in [0.2, 0.25) is 0 Å². The zero-order valence-electron chi connectivity index (χ0n) is 34.9. The van der Waals surface area contributed by atoms with Gasteiger partial charge in [0, 0.05) is 19.3 Å². The standard InChI is InChI=1S/C30H20F45NSi/c31-10(32,13(37,38)16(43,44)19(49,50)22(55,56)25(61,62)28(67,68)69)4-1-7-77(76,8-2-5-11(33,34)14(39,40)17(45,46)20(51,52)23(57,58)26(63,64)29(70,71)72)9-3-6-12(35,36)15(41,42)18(47,48)21(53,54)24(59,60)27(65,66)30(73,74)75/h1-9,76H2. The first kappa shape index (κ1) is 74.0. The summed E-state index contributed by atoms with van der Waals surface area (Å²) < 4.78 is 610. The molecule has 464 valence electrons. The van der Waals surface area contributed by atoms with E-state index in [1.807, 2.05) is 0 Å². The van der Waals surface area contributed by atoms with Gasteiger partial charge in [0.15, 0.2) is 0 Å². The summed E-state index contributed by atoms with van der Waals surface area (Å²) in [7, 11) is -5.98. The van der Waals surface area contributed by atoms with E-state index in [2.05, 4.69) is 0 Å². The molecule has 0 fully saturated rings. The number of rotatable bonds is 27. The van der Waals surface area contributed by atoms with Gasteiger partial charge in [0.05, 0.1) is 0 Å². The number of nitrogens with two attached hydrogens (primary N) is 1. The largest absolute Gasteiger partial charge is 0.460 e. The van der Waals surface area contributed by atoms with E-state index in [9.17, 15) is 198 Å². The molecule has 0 bridgehead atoms. The van der Waals surface area contributed by atoms with Gasteiger partial charge in [-0.2, -0.15) is 198 Å². The molecule has 0 aromatic heterocycles. The van der Waals surface area contributed by atoms with Crippen LogP contribution in [0.15, 0.2) is 0 Å². The van der Waals surface area contributed by atoms with Gasteiger partial charge in [-0.15, -0.1) is 0 Å². The Bertz CT molecular complexity index is 1780. The van der Waals surface area contributed by atoms with Crippen molar-refractivity contribution in [2.45, 2.75) is 182 Å². The van der Waals surface area contributed by atoms with Crippen LogP contribution in [-0.2, 0) is 0 Å². The van der Waals surface area contributed by atoms with Crippen molar-refractivity contribution in [2.24, 2.45) is 5.40 Å². The molecule has 0 aliphatic carbocycles. The zero-order chi connectivity index (χ0) is 63.4. The summed E-state index contributed by atoms with van der Waals surface area (Å²) in [6, 6.07) is -7.27. The molecular formula is C30H20F45NSi. The second kappa shape index (κ2) is 19.9. The first-order valence-corrected chi connectivity index (χ1v) is 21.1. The Morgan fingerprint density at radius 1 is 0.182 bits per heavy atom. The molecule has 0 atom stereocenters. The van der Waals surface area contributed by atoms with Crippen molar-refractivity contribution in [1.82, 2.24) is 0 Å². The van der Waals surface area contributed by atoms with Crippen LogP contribution in [0, 0.1) is 0 Å². The Hall–Kier alpha value is -2.97. The lowest BCUT2D eigenvalue weighted by molar-refractivity contribution is -0.452. The van der Waals surface area contributed by atoms with Crippen LogP contribution < -0.4 is 5.40 Å². The summed E-state index contributed by atoms with van der Waals surface area (Å²) in [5.41, 5.74) is 0. The predicted molar refractivity (Wildman–Crippen MR) is 159 cm³/mol. The molecule has 0 rings (SSSR count). The van der Waals surface area contributed by atoms with Gasteiger partial charge in [0.25, 0.3) is 0 Å². The molecular weight excluding hydrogens is 1260 g/mol. The topological polar surface area (TPSA) is 26.0 Å². The van der Waals surface area contributed by atoms with Gasteiger partial charge >= 0.3 is 125 Å². The van der Waals surface area contributed by atoms with E-state index in [-0.39, 0.29) is 0 Å². The molecule has 2 N–H and O–H groups in total. The van der Waals surface area contributed by atoms with Crippen LogP contribution in [-0.4, -0.2) is 133 Å². The van der Waals surface area contributed by atoms with E-state index < -0.39 is 190 Å². The van der Waals surface area contributed by atoms with Crippen LogP contribution in [0.2, 0.25) is 18.1 Å². The average Bonchev–Trinajstić information content (AvgIpc) is 3.18. The summed E-state index contributed by atoms with van der Waals surface area (Å²) in [6.07, 6.45) is -43.6. The second-order valence-corrected chi connectivity index (χ2v) is 20.4. The lowest BCUT2D eigenvalue weighted by Gasteiger charge is -2.42. The van der Waals surface area contributed by atoms with Gasteiger partial charge in [-0.1, -0.05) is 0 Å². The molecule has 1 nitrogen and oxygen atoms in total. The first-order valence-electron chi connectivity index (χ1n) is 18.4. The SMILES string of the molecule is N[Si](CCCC(F)(F)C(F)(F)C(F)(F)C(F)(F)C(F)(F)C(F)(F)C(F)(F)F)(CCCC(F)(F)C(F)(F)C(F)(F)C(F)(F)C(F)(F)C(F)(F)C(F)(F)F)CCCC(F)(F)C(F)(F)C(F)(F)C(F)(F)C(F)(F)C(F)(F)C(F)(F)F. The first-order chi connectivity index (χ1) is 32.6. The van der Waals surface area contributed by atoms with Crippen LogP contribution in [0.5, 0.6) is 0 Å². The minimum atomic E-state index is -9.04. The van der Waals surface area contributed by atoms with E-state index in [0.29, 0.717) is 0 Å². The maximum atomic E-state index is 14.5. The van der Waals surface area contributed by atoms with Crippen LogP contribution in [0.4, 0.5) is 198 Å². The van der Waals surface area contributed by atoms with Crippen molar-refractivity contribution >= 4 is 8.24 Å². The van der Waals surface area contributed by atoms with Gasteiger partial charge in [-0.3, -0.25) is 0 Å². The molecule has 0 aromatic carbocycles. The molecule has 0 heterocycles. The van der Waals surface area contributed by atoms with Crippen LogP contribution in [0.25, 0.3) is 0 Å². The van der Waals surface area contributed by atoms with Crippen molar-refractivity contribution < 1.29 is 198 Å². The minimum absolute atomic E-state index is 2.42. The maximum absolute atomic E-state index is 14.5. The van der Waals surface area contributed by atoms with Crippen molar-refractivity contribution in [3.05, 3.63) is 0 Å². The average molecular weight is 1280 g/mol. The molecule has 0 aromatic rings. The van der Waals surface area contributed by atoms with E-state index in [4.69, 9.17) is 5.40 Å². The fraction of sp³-hybridized carbons (Fsp3) is 1.00. The Morgan fingerprint density at radius 2 is 0.299 bits per heavy atom. The Labute approximate surface area is 394 Å². The molecule has 0 saturated carbocycles. The fourth-order valence-electron chi connectivity index (χ4n) is 5.83. The third kappa shape index (κ3) is 11.0. The highest BCUT2D eigenvalue weighted by Gasteiger charge is 2.96. The van der Waals surface area contributed by atoms with Gasteiger partial charge in [0.1, 0.15) is 8.24 Å². The van der Waals surface area contributed by atoms with E-state index >= 15 is 0 Å². The van der Waals surface area contributed by atoms with Gasteiger partial charge < -0.3 is 5.40 Å². The Kier molecular flexibility index (Phi) is 19.1. The summed E-state index contributed by atoms with van der Waals surface area (Å²) in [4.78, 5) is 0. The number of hydrogen-bond donors (Lipinski definition) is 1.